The van der Waals surface area contributed by atoms with Crippen LogP contribution in [0.3, 0.4) is 0 Å². The van der Waals surface area contributed by atoms with Crippen LogP contribution >= 0.6 is 0 Å². The van der Waals surface area contributed by atoms with Crippen LogP contribution in [0.4, 0.5) is 0 Å². The Bertz CT molecular complexity index is 507. The summed E-state index contributed by atoms with van der Waals surface area (Å²) < 4.78 is 1.84. The first kappa shape index (κ1) is 22.5. The third-order valence-corrected chi connectivity index (χ3v) is 6.91. The second kappa shape index (κ2) is 10.5. The summed E-state index contributed by atoms with van der Waals surface area (Å²) in [5.41, 5.74) is 0.777. The van der Waals surface area contributed by atoms with Gasteiger partial charge >= 0.3 is 73.1 Å². The Kier molecular flexibility index (Phi) is 9.46. The molecule has 4 aliphatic rings. The fourth-order valence-corrected chi connectivity index (χ4v) is 6.03. The van der Waals surface area contributed by atoms with Gasteiger partial charge in [-0.15, -0.1) is 0 Å². The summed E-state index contributed by atoms with van der Waals surface area (Å²) in [5.74, 6) is 3.29. The maximum absolute atomic E-state index is 2.51. The van der Waals surface area contributed by atoms with E-state index in [9.17, 15) is 0 Å². The number of hydrogen-bond acceptors (Lipinski definition) is 0. The van der Waals surface area contributed by atoms with Crippen LogP contribution in [0.2, 0.25) is 0 Å². The minimum Gasteiger partial charge on any atom is -0.358 e. The van der Waals surface area contributed by atoms with Crippen molar-refractivity contribution in [1.29, 1.82) is 0 Å². The van der Waals surface area contributed by atoms with E-state index >= 15 is 0 Å². The van der Waals surface area contributed by atoms with Crippen molar-refractivity contribution in [3.8, 4) is 0 Å². The zero-order valence-electron chi connectivity index (χ0n) is 16.4. The van der Waals surface area contributed by atoms with Crippen molar-refractivity contribution < 1.29 is 20.0 Å². The molecule has 0 spiro atoms. The zero-order valence-corrected chi connectivity index (χ0v) is 17.9. The minimum atomic E-state index is 0. The number of fused-ring (bicyclic) bond motifs is 5. The average Bonchev–Trinajstić information content (AvgIpc) is 2.96. The van der Waals surface area contributed by atoms with Crippen molar-refractivity contribution in [2.75, 3.05) is 0 Å². The third kappa shape index (κ3) is 5.70. The van der Waals surface area contributed by atoms with E-state index in [4.69, 9.17) is 0 Å². The van der Waals surface area contributed by atoms with E-state index in [0.29, 0.717) is 0 Å². The number of rotatable bonds is 0. The number of allylic oxidation sites excluding steroid dienone is 4. The quantitative estimate of drug-likeness (QED) is 0.269. The predicted molar refractivity (Wildman–Crippen MR) is 109 cm³/mol. The van der Waals surface area contributed by atoms with E-state index in [2.05, 4.69) is 51.2 Å². The van der Waals surface area contributed by atoms with E-state index < -0.39 is 0 Å². The zero-order chi connectivity index (χ0) is 16.1. The summed E-state index contributed by atoms with van der Waals surface area (Å²) in [6.45, 7) is 2.51. The van der Waals surface area contributed by atoms with Crippen LogP contribution in [-0.2, 0) is 20.0 Å². The van der Waals surface area contributed by atoms with Crippen LogP contribution in [-0.4, -0.2) is 3.81 Å². The maximum atomic E-state index is 2.51. The Balaban J connectivity index is 0.000000190. The van der Waals surface area contributed by atoms with Gasteiger partial charge in [-0.2, -0.15) is 18.2 Å². The van der Waals surface area contributed by atoms with Crippen molar-refractivity contribution in [2.24, 2.45) is 23.2 Å². The van der Waals surface area contributed by atoms with E-state index in [-0.39, 0.29) is 14.9 Å². The number of hydrogen-bond donors (Lipinski definition) is 0. The van der Waals surface area contributed by atoms with Gasteiger partial charge in [0.15, 0.2) is 0 Å². The molecule has 25 heavy (non-hydrogen) atoms. The topological polar surface area (TPSA) is 0 Å². The van der Waals surface area contributed by atoms with Gasteiger partial charge in [-0.05, 0) is 25.7 Å². The first-order valence-corrected chi connectivity index (χ1v) is 10.1. The van der Waals surface area contributed by atoms with E-state index in [0.717, 1.165) is 23.2 Å². The molecule has 4 aliphatic carbocycles. The Hall–Kier alpha value is -0.586. The Morgan fingerprint density at radius 2 is 1.48 bits per heavy atom. The molecule has 3 fully saturated rings. The van der Waals surface area contributed by atoms with E-state index in [1.165, 1.54) is 38.5 Å². The largest absolute Gasteiger partial charge is 0.358 e. The Morgan fingerprint density at radius 3 is 1.80 bits per heavy atom. The molecule has 0 aromatic heterocycles. The predicted octanol–water partition coefficient (Wildman–Crippen LogP) is 6.75. The molecule has 0 amide bonds. The molecule has 4 unspecified atom stereocenters. The van der Waals surface area contributed by atoms with Gasteiger partial charge in [0, 0.05) is 0 Å². The Morgan fingerprint density at radius 1 is 0.960 bits per heavy atom. The standard InChI is InChI=1S/C9H12.C8H12.C5H5.2CH3.Ti/c1-9-3-2-6(5-9)7-4-8(7)9;1-2-4-6-8-7-5-3-1;1-2-4-5-3-1;;;/h6-8H,2-3,5H2,1H3;1-2,7-8H,3-6H2;1-5H;2*1H3;/q;;3*-1;/b;2-1-,8-7?;;;;. The fraction of sp³-hybridized carbons (Fsp3) is 0.500. The van der Waals surface area contributed by atoms with Crippen LogP contribution in [0.5, 0.6) is 0 Å². The maximum Gasteiger partial charge on any atom is -0.172 e. The smallest absolute Gasteiger partial charge is 0.172 e. The molecular weight excluding hydrogens is 336 g/mol. The van der Waals surface area contributed by atoms with Gasteiger partial charge < -0.3 is 14.9 Å². The van der Waals surface area contributed by atoms with Crippen molar-refractivity contribution in [2.45, 2.75) is 51.9 Å². The van der Waals surface area contributed by atoms with Crippen molar-refractivity contribution in [1.82, 2.24) is 0 Å². The van der Waals surface area contributed by atoms with Gasteiger partial charge in [0.1, 0.15) is 0 Å². The van der Waals surface area contributed by atoms with Crippen molar-refractivity contribution in [3.63, 3.8) is 0 Å². The Labute approximate surface area is 168 Å². The molecule has 0 saturated heterocycles. The second-order valence-electron chi connectivity index (χ2n) is 7.68. The first-order chi connectivity index (χ1) is 11.2. The SMILES string of the molecule is C1=CCC/C=C\CC1.CC12CCC(C1)C1[C](=[Ti])C12.[CH3-].[CH3-].c1cc[cH-]c1. The van der Waals surface area contributed by atoms with Crippen LogP contribution in [0.15, 0.2) is 54.6 Å². The van der Waals surface area contributed by atoms with Crippen molar-refractivity contribution >= 4 is 3.81 Å². The average molecular weight is 371 g/mol. The normalized spacial score (nSPS) is 34.4. The van der Waals surface area contributed by atoms with E-state index in [1.54, 1.807) is 6.42 Å². The molecule has 1 aromatic rings. The minimum absolute atomic E-state index is 0. The molecule has 0 nitrogen and oxygen atoms in total. The summed E-state index contributed by atoms with van der Waals surface area (Å²) in [4.78, 5) is 0. The monoisotopic (exact) mass is 371 g/mol. The molecule has 4 atom stereocenters. The van der Waals surface area contributed by atoms with E-state index in [1.807, 2.05) is 34.1 Å². The van der Waals surface area contributed by atoms with Gasteiger partial charge in [-0.3, -0.25) is 0 Å². The van der Waals surface area contributed by atoms with Crippen LogP contribution in [0, 0.1) is 38.0 Å². The molecule has 2 bridgehead atoms. The van der Waals surface area contributed by atoms with Gasteiger partial charge in [0.05, 0.1) is 0 Å². The molecule has 0 N–H and O–H groups in total. The molecular formula is C24H35Ti-3. The summed E-state index contributed by atoms with van der Waals surface area (Å²) >= 11 is 2.38. The van der Waals surface area contributed by atoms with Gasteiger partial charge in [-0.1, -0.05) is 24.3 Å². The summed E-state index contributed by atoms with van der Waals surface area (Å²) in [6, 6.07) is 10.0. The molecule has 0 aliphatic heterocycles. The van der Waals surface area contributed by atoms with Crippen LogP contribution in [0.1, 0.15) is 51.9 Å². The molecule has 1 aromatic carbocycles. The fourth-order valence-electron chi connectivity index (χ4n) is 4.70. The molecule has 0 heterocycles. The van der Waals surface area contributed by atoms with Gasteiger partial charge in [-0.25, -0.2) is 12.1 Å². The molecule has 0 radical (unpaired) electrons. The summed E-state index contributed by atoms with van der Waals surface area (Å²) in [6.07, 6.45) is 18.6. The summed E-state index contributed by atoms with van der Waals surface area (Å²) in [5, 5.41) is 0. The van der Waals surface area contributed by atoms with Gasteiger partial charge in [0.2, 0.25) is 0 Å². The van der Waals surface area contributed by atoms with Gasteiger partial charge in [0.25, 0.3) is 0 Å². The van der Waals surface area contributed by atoms with Crippen LogP contribution in [0.25, 0.3) is 0 Å². The molecule has 3 saturated carbocycles. The first-order valence-electron chi connectivity index (χ1n) is 9.27. The summed E-state index contributed by atoms with van der Waals surface area (Å²) in [7, 11) is 0. The van der Waals surface area contributed by atoms with Crippen molar-refractivity contribution in [3.05, 3.63) is 69.5 Å². The molecule has 5 rings (SSSR count). The molecule has 138 valence electrons. The molecule has 1 heteroatoms. The van der Waals surface area contributed by atoms with Crippen LogP contribution < -0.4 is 0 Å². The second-order valence-corrected chi connectivity index (χ2v) is 8.58. The third-order valence-electron chi connectivity index (χ3n) is 5.91.